The van der Waals surface area contributed by atoms with E-state index in [9.17, 15) is 22.7 Å². The Morgan fingerprint density at radius 1 is 1.11 bits per heavy atom. The zero-order valence-electron chi connectivity index (χ0n) is 9.58. The van der Waals surface area contributed by atoms with E-state index in [-0.39, 0.29) is 19.4 Å². The second-order valence-electron chi connectivity index (χ2n) is 3.89. The van der Waals surface area contributed by atoms with Crippen LogP contribution in [-0.2, 0) is 11.2 Å². The molecule has 0 spiro atoms. The SMILES string of the molecule is OC(CCOCC(F)F)Cc1cc(F)cc(F)c1. The van der Waals surface area contributed by atoms with Gasteiger partial charge in [0.1, 0.15) is 18.2 Å². The summed E-state index contributed by atoms with van der Waals surface area (Å²) >= 11 is 0. The Bertz CT molecular complexity index is 351. The summed E-state index contributed by atoms with van der Waals surface area (Å²) in [7, 11) is 0. The van der Waals surface area contributed by atoms with Crippen molar-refractivity contribution in [2.24, 2.45) is 0 Å². The van der Waals surface area contributed by atoms with Crippen LogP contribution >= 0.6 is 0 Å². The van der Waals surface area contributed by atoms with Gasteiger partial charge in [0.15, 0.2) is 0 Å². The Labute approximate surface area is 102 Å². The van der Waals surface area contributed by atoms with Gasteiger partial charge in [-0.3, -0.25) is 0 Å². The molecule has 0 amide bonds. The molecule has 0 saturated carbocycles. The van der Waals surface area contributed by atoms with Gasteiger partial charge in [-0.2, -0.15) is 0 Å². The maximum absolute atomic E-state index is 12.8. The number of hydrogen-bond acceptors (Lipinski definition) is 2. The fraction of sp³-hybridized carbons (Fsp3) is 0.500. The monoisotopic (exact) mass is 266 g/mol. The third kappa shape index (κ3) is 5.97. The zero-order chi connectivity index (χ0) is 13.5. The molecule has 0 saturated heterocycles. The normalized spacial score (nSPS) is 13.0. The highest BCUT2D eigenvalue weighted by molar-refractivity contribution is 5.18. The lowest BCUT2D eigenvalue weighted by Gasteiger charge is -2.11. The summed E-state index contributed by atoms with van der Waals surface area (Å²) in [5.41, 5.74) is 0.314. The van der Waals surface area contributed by atoms with Crippen LogP contribution in [0.4, 0.5) is 17.6 Å². The summed E-state index contributed by atoms with van der Waals surface area (Å²) in [4.78, 5) is 0. The number of halogens is 4. The summed E-state index contributed by atoms with van der Waals surface area (Å²) in [6.45, 7) is -0.704. The Balaban J connectivity index is 2.33. The molecular formula is C12H14F4O2. The molecule has 0 aliphatic rings. The quantitative estimate of drug-likeness (QED) is 0.607. The van der Waals surface area contributed by atoms with Gasteiger partial charge < -0.3 is 9.84 Å². The molecule has 0 bridgehead atoms. The Morgan fingerprint density at radius 3 is 2.28 bits per heavy atom. The highest BCUT2D eigenvalue weighted by atomic mass is 19.3. The van der Waals surface area contributed by atoms with E-state index in [0.717, 1.165) is 18.2 Å². The van der Waals surface area contributed by atoms with E-state index in [1.54, 1.807) is 0 Å². The third-order valence-corrected chi connectivity index (χ3v) is 2.23. The van der Waals surface area contributed by atoms with E-state index < -0.39 is 30.8 Å². The van der Waals surface area contributed by atoms with Crippen LogP contribution in [0.5, 0.6) is 0 Å². The number of hydrogen-bond donors (Lipinski definition) is 1. The Kier molecular flexibility index (Phi) is 6.07. The average Bonchev–Trinajstić information content (AvgIpc) is 2.22. The summed E-state index contributed by atoms with van der Waals surface area (Å²) in [6, 6.07) is 2.97. The lowest BCUT2D eigenvalue weighted by atomic mass is 10.1. The largest absolute Gasteiger partial charge is 0.393 e. The molecule has 0 fully saturated rings. The van der Waals surface area contributed by atoms with E-state index in [2.05, 4.69) is 4.74 Å². The van der Waals surface area contributed by atoms with Gasteiger partial charge >= 0.3 is 0 Å². The van der Waals surface area contributed by atoms with Crippen LogP contribution in [0.3, 0.4) is 0 Å². The second-order valence-corrected chi connectivity index (χ2v) is 3.89. The van der Waals surface area contributed by atoms with E-state index >= 15 is 0 Å². The number of rotatable bonds is 7. The molecular weight excluding hydrogens is 252 g/mol. The molecule has 6 heteroatoms. The lowest BCUT2D eigenvalue weighted by Crippen LogP contribution is -2.15. The summed E-state index contributed by atoms with van der Waals surface area (Å²) in [6.07, 6.45) is -3.25. The summed E-state index contributed by atoms with van der Waals surface area (Å²) in [5.74, 6) is -1.43. The van der Waals surface area contributed by atoms with Crippen molar-refractivity contribution >= 4 is 0 Å². The Morgan fingerprint density at radius 2 is 1.72 bits per heavy atom. The fourth-order valence-electron chi connectivity index (χ4n) is 1.49. The maximum Gasteiger partial charge on any atom is 0.261 e. The van der Waals surface area contributed by atoms with Crippen LogP contribution in [0.15, 0.2) is 18.2 Å². The molecule has 18 heavy (non-hydrogen) atoms. The molecule has 102 valence electrons. The minimum atomic E-state index is -2.54. The first-order valence-electron chi connectivity index (χ1n) is 5.46. The first kappa shape index (κ1) is 14.9. The van der Waals surface area contributed by atoms with Gasteiger partial charge in [-0.25, -0.2) is 17.6 Å². The van der Waals surface area contributed by atoms with Crippen LogP contribution in [0.2, 0.25) is 0 Å². The fourth-order valence-corrected chi connectivity index (χ4v) is 1.49. The van der Waals surface area contributed by atoms with Crippen molar-refractivity contribution in [2.45, 2.75) is 25.4 Å². The van der Waals surface area contributed by atoms with Crippen molar-refractivity contribution in [3.05, 3.63) is 35.4 Å². The minimum absolute atomic E-state index is 0.0245. The van der Waals surface area contributed by atoms with Crippen LogP contribution in [0.25, 0.3) is 0 Å². The molecule has 1 aromatic rings. The highest BCUT2D eigenvalue weighted by Gasteiger charge is 2.09. The average molecular weight is 266 g/mol. The molecule has 2 nitrogen and oxygen atoms in total. The summed E-state index contributed by atoms with van der Waals surface area (Å²) in [5, 5.41) is 9.54. The number of benzene rings is 1. The first-order chi connectivity index (χ1) is 8.47. The van der Waals surface area contributed by atoms with E-state index in [0.29, 0.717) is 5.56 Å². The van der Waals surface area contributed by atoms with Crippen LogP contribution in [0.1, 0.15) is 12.0 Å². The smallest absolute Gasteiger partial charge is 0.261 e. The van der Waals surface area contributed by atoms with E-state index in [1.807, 2.05) is 0 Å². The van der Waals surface area contributed by atoms with Gasteiger partial charge in [0.25, 0.3) is 6.43 Å². The van der Waals surface area contributed by atoms with Crippen molar-refractivity contribution < 1.29 is 27.4 Å². The topological polar surface area (TPSA) is 29.5 Å². The molecule has 0 aromatic heterocycles. The molecule has 1 aromatic carbocycles. The van der Waals surface area contributed by atoms with Crippen LogP contribution in [0, 0.1) is 11.6 Å². The molecule has 1 atom stereocenters. The number of aliphatic hydroxyl groups is 1. The van der Waals surface area contributed by atoms with Crippen molar-refractivity contribution in [1.29, 1.82) is 0 Å². The van der Waals surface area contributed by atoms with Gasteiger partial charge in [-0.1, -0.05) is 0 Å². The predicted molar refractivity (Wildman–Crippen MR) is 57.5 cm³/mol. The summed E-state index contributed by atoms with van der Waals surface area (Å²) < 4.78 is 53.7. The van der Waals surface area contributed by atoms with E-state index in [1.165, 1.54) is 0 Å². The van der Waals surface area contributed by atoms with Gasteiger partial charge in [-0.15, -0.1) is 0 Å². The lowest BCUT2D eigenvalue weighted by molar-refractivity contribution is 0.00511. The molecule has 1 unspecified atom stereocenters. The molecule has 0 heterocycles. The highest BCUT2D eigenvalue weighted by Crippen LogP contribution is 2.11. The van der Waals surface area contributed by atoms with Crippen molar-refractivity contribution in [1.82, 2.24) is 0 Å². The van der Waals surface area contributed by atoms with Gasteiger partial charge in [0, 0.05) is 12.7 Å². The van der Waals surface area contributed by atoms with Crippen LogP contribution in [-0.4, -0.2) is 30.8 Å². The minimum Gasteiger partial charge on any atom is -0.393 e. The van der Waals surface area contributed by atoms with Crippen molar-refractivity contribution in [3.8, 4) is 0 Å². The van der Waals surface area contributed by atoms with Gasteiger partial charge in [-0.05, 0) is 30.5 Å². The molecule has 1 N–H and O–H groups in total. The van der Waals surface area contributed by atoms with Crippen LogP contribution < -0.4 is 0 Å². The van der Waals surface area contributed by atoms with Crippen molar-refractivity contribution in [3.63, 3.8) is 0 Å². The Hall–Kier alpha value is -1.14. The third-order valence-electron chi connectivity index (χ3n) is 2.23. The molecule has 1 rings (SSSR count). The molecule has 0 aliphatic heterocycles. The first-order valence-corrected chi connectivity index (χ1v) is 5.46. The maximum atomic E-state index is 12.8. The zero-order valence-corrected chi connectivity index (χ0v) is 9.58. The van der Waals surface area contributed by atoms with Gasteiger partial charge in [0.2, 0.25) is 0 Å². The van der Waals surface area contributed by atoms with Crippen molar-refractivity contribution in [2.75, 3.05) is 13.2 Å². The molecule has 0 aliphatic carbocycles. The number of aliphatic hydroxyl groups excluding tert-OH is 1. The number of alkyl halides is 2. The van der Waals surface area contributed by atoms with Gasteiger partial charge in [0.05, 0.1) is 6.10 Å². The number of ether oxygens (including phenoxy) is 1. The predicted octanol–water partition coefficient (Wildman–Crippen LogP) is 2.54. The molecule has 0 radical (unpaired) electrons. The second kappa shape index (κ2) is 7.33. The standard InChI is InChI=1S/C12H14F4O2/c13-9-3-8(4-10(14)6-9)5-11(17)1-2-18-7-12(15)16/h3-4,6,11-12,17H,1-2,5,7H2. The van der Waals surface area contributed by atoms with E-state index in [4.69, 9.17) is 0 Å².